The summed E-state index contributed by atoms with van der Waals surface area (Å²) in [6.07, 6.45) is 0. The second kappa shape index (κ2) is 9.77. The van der Waals surface area contributed by atoms with Gasteiger partial charge in [-0.25, -0.2) is 0 Å². The zero-order valence-electron chi connectivity index (χ0n) is 15.2. The van der Waals surface area contributed by atoms with Crippen molar-refractivity contribution in [3.8, 4) is 11.5 Å². The summed E-state index contributed by atoms with van der Waals surface area (Å²) >= 11 is 5.21. The van der Waals surface area contributed by atoms with Crippen molar-refractivity contribution >= 4 is 28.9 Å². The van der Waals surface area contributed by atoms with Crippen LogP contribution in [0.5, 0.6) is 11.5 Å². The summed E-state index contributed by atoms with van der Waals surface area (Å²) in [5.41, 5.74) is 1.26. The lowest BCUT2D eigenvalue weighted by atomic mass is 10.2. The van der Waals surface area contributed by atoms with Gasteiger partial charge >= 0.3 is 0 Å². The number of hydrogen-bond donors (Lipinski definition) is 2. The highest BCUT2D eigenvalue weighted by molar-refractivity contribution is 7.80. The van der Waals surface area contributed by atoms with Gasteiger partial charge in [-0.05, 0) is 61.5 Å². The summed E-state index contributed by atoms with van der Waals surface area (Å²) in [7, 11) is 0. The number of thiocarbonyl (C=S) groups is 1. The highest BCUT2D eigenvalue weighted by Gasteiger charge is 2.09. The number of hydrogen-bond acceptors (Lipinski definition) is 4. The van der Waals surface area contributed by atoms with Gasteiger partial charge < -0.3 is 14.8 Å². The molecule has 0 fully saturated rings. The number of carbonyl (C=O) groups excluding carboxylic acids is 1. The van der Waals surface area contributed by atoms with Crippen LogP contribution in [0.1, 0.15) is 31.1 Å². The standard InChI is InChI=1S/C20H24N2O3S/c1-4-24-18-7-5-6-16(12-18)21-20(26)22-19(23)15-8-10-17(11-9-15)25-13-14(2)3/h5-12,14H,4,13H2,1-3H3,(H2,21,22,23,26). The predicted molar refractivity (Wildman–Crippen MR) is 108 cm³/mol. The van der Waals surface area contributed by atoms with Gasteiger partial charge in [0.1, 0.15) is 11.5 Å². The Labute approximate surface area is 159 Å². The Balaban J connectivity index is 1.90. The van der Waals surface area contributed by atoms with Crippen molar-refractivity contribution in [2.24, 2.45) is 5.92 Å². The van der Waals surface area contributed by atoms with Crippen LogP contribution >= 0.6 is 12.2 Å². The molecule has 0 aliphatic heterocycles. The molecule has 0 spiro atoms. The average molecular weight is 372 g/mol. The number of ether oxygens (including phenoxy) is 2. The lowest BCUT2D eigenvalue weighted by molar-refractivity contribution is 0.0977. The van der Waals surface area contributed by atoms with Crippen molar-refractivity contribution in [3.63, 3.8) is 0 Å². The summed E-state index contributed by atoms with van der Waals surface area (Å²) in [5.74, 6) is 1.65. The van der Waals surface area contributed by atoms with Gasteiger partial charge in [0.05, 0.1) is 13.2 Å². The number of benzene rings is 2. The Morgan fingerprint density at radius 3 is 2.46 bits per heavy atom. The molecule has 138 valence electrons. The second-order valence-corrected chi connectivity index (χ2v) is 6.51. The van der Waals surface area contributed by atoms with Gasteiger partial charge in [-0.1, -0.05) is 19.9 Å². The Hall–Kier alpha value is -2.60. The third-order valence-corrected chi connectivity index (χ3v) is 3.53. The SMILES string of the molecule is CCOc1cccc(NC(=S)NC(=O)c2ccc(OCC(C)C)cc2)c1. The van der Waals surface area contributed by atoms with E-state index < -0.39 is 0 Å². The van der Waals surface area contributed by atoms with E-state index in [-0.39, 0.29) is 11.0 Å². The van der Waals surface area contributed by atoms with E-state index in [0.29, 0.717) is 24.7 Å². The van der Waals surface area contributed by atoms with E-state index in [1.807, 2.05) is 31.2 Å². The van der Waals surface area contributed by atoms with E-state index in [4.69, 9.17) is 21.7 Å². The molecule has 0 heterocycles. The van der Waals surface area contributed by atoms with Crippen molar-refractivity contribution in [2.75, 3.05) is 18.5 Å². The van der Waals surface area contributed by atoms with Gasteiger partial charge in [0, 0.05) is 17.3 Å². The van der Waals surface area contributed by atoms with Crippen molar-refractivity contribution in [2.45, 2.75) is 20.8 Å². The van der Waals surface area contributed by atoms with E-state index in [0.717, 1.165) is 17.2 Å². The smallest absolute Gasteiger partial charge is 0.257 e. The first kappa shape index (κ1) is 19.7. The van der Waals surface area contributed by atoms with Crippen LogP contribution in [0, 0.1) is 5.92 Å². The quantitative estimate of drug-likeness (QED) is 0.712. The van der Waals surface area contributed by atoms with Gasteiger partial charge in [-0.15, -0.1) is 0 Å². The van der Waals surface area contributed by atoms with E-state index in [1.54, 1.807) is 24.3 Å². The van der Waals surface area contributed by atoms with Gasteiger partial charge in [0.25, 0.3) is 5.91 Å². The summed E-state index contributed by atoms with van der Waals surface area (Å²) < 4.78 is 11.1. The second-order valence-electron chi connectivity index (χ2n) is 6.10. The van der Waals surface area contributed by atoms with Gasteiger partial charge in [-0.3, -0.25) is 10.1 Å². The van der Waals surface area contributed by atoms with Crippen molar-refractivity contribution < 1.29 is 14.3 Å². The molecule has 0 bridgehead atoms. The third-order valence-electron chi connectivity index (χ3n) is 3.33. The Morgan fingerprint density at radius 2 is 1.81 bits per heavy atom. The van der Waals surface area contributed by atoms with Crippen LogP contribution in [0.3, 0.4) is 0 Å². The first-order valence-electron chi connectivity index (χ1n) is 8.56. The Kier molecular flexibility index (Phi) is 7.41. The molecule has 2 rings (SSSR count). The maximum absolute atomic E-state index is 12.3. The molecule has 2 N–H and O–H groups in total. The fraction of sp³-hybridized carbons (Fsp3) is 0.300. The minimum atomic E-state index is -0.279. The normalized spacial score (nSPS) is 10.3. The maximum atomic E-state index is 12.3. The first-order valence-corrected chi connectivity index (χ1v) is 8.96. The fourth-order valence-electron chi connectivity index (χ4n) is 2.13. The molecule has 0 atom stereocenters. The lowest BCUT2D eigenvalue weighted by Crippen LogP contribution is -2.34. The van der Waals surface area contributed by atoms with Crippen molar-refractivity contribution in [1.82, 2.24) is 5.32 Å². The van der Waals surface area contributed by atoms with Gasteiger partial charge in [-0.2, -0.15) is 0 Å². The van der Waals surface area contributed by atoms with Crippen LogP contribution in [0.4, 0.5) is 5.69 Å². The molecule has 6 heteroatoms. The van der Waals surface area contributed by atoms with Gasteiger partial charge in [0.15, 0.2) is 5.11 Å². The molecular formula is C20H24N2O3S. The van der Waals surface area contributed by atoms with Crippen LogP contribution in [-0.2, 0) is 0 Å². The monoisotopic (exact) mass is 372 g/mol. The van der Waals surface area contributed by atoms with Gasteiger partial charge in [0.2, 0.25) is 0 Å². The largest absolute Gasteiger partial charge is 0.494 e. The van der Waals surface area contributed by atoms with Crippen LogP contribution in [-0.4, -0.2) is 24.2 Å². The minimum absolute atomic E-state index is 0.226. The Morgan fingerprint density at radius 1 is 1.08 bits per heavy atom. The molecule has 0 radical (unpaired) electrons. The van der Waals surface area contributed by atoms with E-state index in [9.17, 15) is 4.79 Å². The zero-order chi connectivity index (χ0) is 18.9. The van der Waals surface area contributed by atoms with E-state index >= 15 is 0 Å². The minimum Gasteiger partial charge on any atom is -0.494 e. The molecular weight excluding hydrogens is 348 g/mol. The van der Waals surface area contributed by atoms with Crippen molar-refractivity contribution in [3.05, 3.63) is 54.1 Å². The molecule has 0 aromatic heterocycles. The third kappa shape index (κ3) is 6.37. The van der Waals surface area contributed by atoms with Crippen LogP contribution in [0.15, 0.2) is 48.5 Å². The lowest BCUT2D eigenvalue weighted by Gasteiger charge is -2.12. The molecule has 0 aliphatic carbocycles. The molecule has 5 nitrogen and oxygen atoms in total. The summed E-state index contributed by atoms with van der Waals surface area (Å²) in [4.78, 5) is 12.3. The number of anilines is 1. The van der Waals surface area contributed by atoms with E-state index in [1.165, 1.54) is 0 Å². The van der Waals surface area contributed by atoms with Crippen molar-refractivity contribution in [1.29, 1.82) is 0 Å². The maximum Gasteiger partial charge on any atom is 0.257 e. The Bertz CT molecular complexity index is 745. The number of amides is 1. The van der Waals surface area contributed by atoms with Crippen LogP contribution in [0.25, 0.3) is 0 Å². The number of rotatable bonds is 7. The summed E-state index contributed by atoms with van der Waals surface area (Å²) in [6, 6.07) is 14.4. The zero-order valence-corrected chi connectivity index (χ0v) is 16.1. The number of carbonyl (C=O) groups is 1. The molecule has 2 aromatic rings. The number of nitrogens with one attached hydrogen (secondary N) is 2. The molecule has 26 heavy (non-hydrogen) atoms. The molecule has 0 unspecified atom stereocenters. The molecule has 2 aromatic carbocycles. The van der Waals surface area contributed by atoms with E-state index in [2.05, 4.69) is 24.5 Å². The molecule has 0 saturated heterocycles. The average Bonchev–Trinajstić information content (AvgIpc) is 2.61. The van der Waals surface area contributed by atoms with Crippen LogP contribution < -0.4 is 20.1 Å². The predicted octanol–water partition coefficient (Wildman–Crippen LogP) is 4.25. The highest BCUT2D eigenvalue weighted by atomic mass is 32.1. The molecule has 0 aliphatic rings. The fourth-order valence-corrected chi connectivity index (χ4v) is 2.34. The molecule has 0 saturated carbocycles. The summed E-state index contributed by atoms with van der Waals surface area (Å²) in [6.45, 7) is 7.31. The molecule has 1 amide bonds. The van der Waals surface area contributed by atoms with Crippen LogP contribution in [0.2, 0.25) is 0 Å². The highest BCUT2D eigenvalue weighted by Crippen LogP contribution is 2.17. The topological polar surface area (TPSA) is 59.6 Å². The first-order chi connectivity index (χ1) is 12.5. The summed E-state index contributed by atoms with van der Waals surface area (Å²) in [5, 5.41) is 5.87.